The van der Waals surface area contributed by atoms with Gasteiger partial charge >= 0.3 is 5.97 Å². The lowest BCUT2D eigenvalue weighted by Gasteiger charge is -2.23. The molecule has 0 aliphatic rings. The Morgan fingerprint density at radius 2 is 1.76 bits per heavy atom. The lowest BCUT2D eigenvalue weighted by molar-refractivity contribution is -0.145. The minimum absolute atomic E-state index is 0.327. The molecule has 6 heteroatoms. The third-order valence-corrected chi connectivity index (χ3v) is 4.35. The molecule has 0 saturated heterocycles. The maximum atomic E-state index is 11.9. The number of carbonyl (C=O) groups excluding carboxylic acids is 1. The molecule has 0 bridgehead atoms. The molecule has 0 aliphatic heterocycles. The Bertz CT molecular complexity index is 477. The fourth-order valence-corrected chi connectivity index (χ4v) is 2.97. The number of nitrogens with zero attached hydrogens (tertiary/aromatic N) is 1. The average Bonchev–Trinajstić information content (AvgIpc) is 2.62. The summed E-state index contributed by atoms with van der Waals surface area (Å²) in [4.78, 5) is 14.1. The SMILES string of the molecule is CCCCCCOC(=O)[C@@H](N)Cc1ccc(N(CCCl)CCCl)cc1. The molecule has 0 fully saturated rings. The number of alkyl halides is 2. The zero-order chi connectivity index (χ0) is 18.5. The van der Waals surface area contributed by atoms with Gasteiger partial charge in [-0.15, -0.1) is 23.2 Å². The Balaban J connectivity index is 2.46. The van der Waals surface area contributed by atoms with Crippen LogP contribution in [0.5, 0.6) is 0 Å². The molecule has 142 valence electrons. The summed E-state index contributed by atoms with van der Waals surface area (Å²) in [5, 5.41) is 0. The van der Waals surface area contributed by atoms with E-state index in [2.05, 4.69) is 11.8 Å². The van der Waals surface area contributed by atoms with Crippen LogP contribution in [0.2, 0.25) is 0 Å². The van der Waals surface area contributed by atoms with Gasteiger partial charge < -0.3 is 15.4 Å². The monoisotopic (exact) mass is 388 g/mol. The van der Waals surface area contributed by atoms with Gasteiger partial charge in [0.15, 0.2) is 0 Å². The van der Waals surface area contributed by atoms with Crippen molar-refractivity contribution >= 4 is 34.9 Å². The van der Waals surface area contributed by atoms with Gasteiger partial charge in [0, 0.05) is 30.5 Å². The molecule has 0 heterocycles. The quantitative estimate of drug-likeness (QED) is 0.315. The van der Waals surface area contributed by atoms with E-state index in [1.807, 2.05) is 24.3 Å². The molecule has 1 atom stereocenters. The molecule has 1 aromatic carbocycles. The van der Waals surface area contributed by atoms with Gasteiger partial charge in [0.2, 0.25) is 0 Å². The summed E-state index contributed by atoms with van der Waals surface area (Å²) in [5.74, 6) is 0.771. The number of unbranched alkanes of at least 4 members (excludes halogenated alkanes) is 3. The molecule has 0 unspecified atom stereocenters. The van der Waals surface area contributed by atoms with Crippen molar-refractivity contribution in [3.63, 3.8) is 0 Å². The largest absolute Gasteiger partial charge is 0.465 e. The first-order chi connectivity index (χ1) is 12.1. The number of halogens is 2. The first-order valence-corrected chi connectivity index (χ1v) is 10.1. The van der Waals surface area contributed by atoms with Crippen molar-refractivity contribution in [1.82, 2.24) is 0 Å². The third kappa shape index (κ3) is 8.80. The molecule has 0 aliphatic carbocycles. The van der Waals surface area contributed by atoms with Crippen LogP contribution in [0.3, 0.4) is 0 Å². The van der Waals surface area contributed by atoms with E-state index in [0.717, 1.165) is 43.6 Å². The summed E-state index contributed by atoms with van der Waals surface area (Å²) in [6.07, 6.45) is 4.79. The van der Waals surface area contributed by atoms with Crippen molar-refractivity contribution in [2.24, 2.45) is 5.73 Å². The average molecular weight is 389 g/mol. The number of benzene rings is 1. The Labute approximate surface area is 161 Å². The highest BCUT2D eigenvalue weighted by atomic mass is 35.5. The molecule has 0 spiro atoms. The minimum atomic E-state index is -0.626. The highest BCUT2D eigenvalue weighted by Gasteiger charge is 2.16. The van der Waals surface area contributed by atoms with Crippen molar-refractivity contribution < 1.29 is 9.53 Å². The molecule has 1 aromatic rings. The van der Waals surface area contributed by atoms with E-state index in [-0.39, 0.29) is 5.97 Å². The summed E-state index contributed by atoms with van der Waals surface area (Å²) in [7, 11) is 0. The topological polar surface area (TPSA) is 55.6 Å². The van der Waals surface area contributed by atoms with E-state index in [1.165, 1.54) is 6.42 Å². The Hall–Kier alpha value is -0.970. The van der Waals surface area contributed by atoms with E-state index in [1.54, 1.807) is 0 Å². The fraction of sp³-hybridized carbons (Fsp3) is 0.632. The zero-order valence-corrected chi connectivity index (χ0v) is 16.6. The molecule has 0 aromatic heterocycles. The van der Waals surface area contributed by atoms with Gasteiger partial charge in [0.1, 0.15) is 6.04 Å². The number of carbonyl (C=O) groups is 1. The number of hydrogen-bond acceptors (Lipinski definition) is 4. The molecule has 4 nitrogen and oxygen atoms in total. The number of hydrogen-bond donors (Lipinski definition) is 1. The van der Waals surface area contributed by atoms with Gasteiger partial charge in [-0.2, -0.15) is 0 Å². The van der Waals surface area contributed by atoms with Gasteiger partial charge in [-0.25, -0.2) is 0 Å². The normalized spacial score (nSPS) is 12.0. The first-order valence-electron chi connectivity index (χ1n) is 9.00. The summed E-state index contributed by atoms with van der Waals surface area (Å²) in [5.41, 5.74) is 8.04. The van der Waals surface area contributed by atoms with Crippen molar-refractivity contribution in [2.45, 2.75) is 45.1 Å². The van der Waals surface area contributed by atoms with E-state index < -0.39 is 6.04 Å². The second-order valence-corrected chi connectivity index (χ2v) is 6.83. The van der Waals surface area contributed by atoms with Gasteiger partial charge in [0.25, 0.3) is 0 Å². The molecule has 0 radical (unpaired) electrons. The second kappa shape index (κ2) is 13.3. The number of rotatable bonds is 13. The number of ether oxygens (including phenoxy) is 1. The molecule has 1 rings (SSSR count). The van der Waals surface area contributed by atoms with Crippen LogP contribution in [-0.2, 0) is 16.0 Å². The van der Waals surface area contributed by atoms with E-state index >= 15 is 0 Å². The fourth-order valence-electron chi connectivity index (χ4n) is 2.56. The summed E-state index contributed by atoms with van der Waals surface area (Å²) < 4.78 is 5.25. The van der Waals surface area contributed by atoms with Crippen molar-refractivity contribution in [3.8, 4) is 0 Å². The van der Waals surface area contributed by atoms with Crippen LogP contribution < -0.4 is 10.6 Å². The zero-order valence-electron chi connectivity index (χ0n) is 15.1. The van der Waals surface area contributed by atoms with Gasteiger partial charge in [-0.05, 0) is 30.5 Å². The van der Waals surface area contributed by atoms with Crippen molar-refractivity contribution in [3.05, 3.63) is 29.8 Å². The predicted molar refractivity (Wildman–Crippen MR) is 107 cm³/mol. The van der Waals surface area contributed by atoms with E-state index in [9.17, 15) is 4.79 Å². The maximum absolute atomic E-state index is 11.9. The van der Waals surface area contributed by atoms with Crippen LogP contribution in [-0.4, -0.2) is 43.5 Å². The summed E-state index contributed by atoms with van der Waals surface area (Å²) in [6.45, 7) is 4.10. The molecule has 0 saturated carbocycles. The number of nitrogens with two attached hydrogens (primary N) is 1. The minimum Gasteiger partial charge on any atom is -0.465 e. The van der Waals surface area contributed by atoms with Gasteiger partial charge in [-0.3, -0.25) is 4.79 Å². The van der Waals surface area contributed by atoms with Crippen molar-refractivity contribution in [1.29, 1.82) is 0 Å². The standard InChI is InChI=1S/C19H30Cl2N2O2/c1-2-3-4-5-14-25-19(24)18(22)15-16-6-8-17(9-7-16)23(12-10-20)13-11-21/h6-9,18H,2-5,10-15,22H2,1H3/t18-/m0/s1. The van der Waals surface area contributed by atoms with E-state index in [0.29, 0.717) is 24.8 Å². The lowest BCUT2D eigenvalue weighted by atomic mass is 10.1. The smallest absolute Gasteiger partial charge is 0.323 e. The van der Waals surface area contributed by atoms with Crippen LogP contribution in [0, 0.1) is 0 Å². The molecular weight excluding hydrogens is 359 g/mol. The molecule has 0 amide bonds. The van der Waals surface area contributed by atoms with Crippen LogP contribution in [0.1, 0.15) is 38.2 Å². The van der Waals surface area contributed by atoms with Crippen LogP contribution in [0.4, 0.5) is 5.69 Å². The third-order valence-electron chi connectivity index (χ3n) is 4.01. The highest BCUT2D eigenvalue weighted by Crippen LogP contribution is 2.16. The second-order valence-electron chi connectivity index (χ2n) is 6.07. The van der Waals surface area contributed by atoms with Crippen molar-refractivity contribution in [2.75, 3.05) is 36.4 Å². The molecule has 25 heavy (non-hydrogen) atoms. The lowest BCUT2D eigenvalue weighted by Crippen LogP contribution is -2.34. The Kier molecular flexibility index (Phi) is 11.7. The van der Waals surface area contributed by atoms with Crippen LogP contribution in [0.15, 0.2) is 24.3 Å². The Morgan fingerprint density at radius 1 is 1.12 bits per heavy atom. The Morgan fingerprint density at radius 3 is 2.32 bits per heavy atom. The summed E-state index contributed by atoms with van der Waals surface area (Å²) >= 11 is 11.7. The maximum Gasteiger partial charge on any atom is 0.323 e. The number of anilines is 1. The van der Waals surface area contributed by atoms with Crippen LogP contribution >= 0.6 is 23.2 Å². The molecular formula is C19H30Cl2N2O2. The molecule has 2 N–H and O–H groups in total. The number of esters is 1. The van der Waals surface area contributed by atoms with Gasteiger partial charge in [-0.1, -0.05) is 38.3 Å². The predicted octanol–water partition coefficient (Wildman–Crippen LogP) is 3.96. The highest BCUT2D eigenvalue weighted by molar-refractivity contribution is 6.18. The van der Waals surface area contributed by atoms with E-state index in [4.69, 9.17) is 33.7 Å². The first kappa shape index (κ1) is 22.1. The van der Waals surface area contributed by atoms with Crippen LogP contribution in [0.25, 0.3) is 0 Å². The summed E-state index contributed by atoms with van der Waals surface area (Å²) in [6, 6.07) is 7.37. The van der Waals surface area contributed by atoms with Gasteiger partial charge in [0.05, 0.1) is 6.61 Å².